The maximum Gasteiger partial charge on any atom is 0.330 e. The lowest BCUT2D eigenvalue weighted by molar-refractivity contribution is -0.137. The van der Waals surface area contributed by atoms with Crippen molar-refractivity contribution in [1.29, 1.82) is 0 Å². The largest absolute Gasteiger partial charge is 0.463 e. The van der Waals surface area contributed by atoms with Crippen molar-refractivity contribution in [2.24, 2.45) is 0 Å². The van der Waals surface area contributed by atoms with Crippen LogP contribution in [0, 0.1) is 0 Å². The summed E-state index contributed by atoms with van der Waals surface area (Å²) in [6.07, 6.45) is 2.21. The molecule has 0 aliphatic rings. The second-order valence-corrected chi connectivity index (χ2v) is 4.00. The van der Waals surface area contributed by atoms with E-state index in [1.165, 1.54) is 0 Å². The molecule has 0 aromatic heterocycles. The Morgan fingerprint density at radius 3 is 2.45 bits per heavy atom. The van der Waals surface area contributed by atoms with Gasteiger partial charge in [0.05, 0.1) is 6.61 Å². The molecule has 0 heterocycles. The van der Waals surface area contributed by atoms with Crippen LogP contribution < -0.4 is 0 Å². The molecule has 11 heavy (non-hydrogen) atoms. The van der Waals surface area contributed by atoms with E-state index in [1.807, 2.05) is 0 Å². The van der Waals surface area contributed by atoms with Crippen LogP contribution in [0.5, 0.6) is 0 Å². The maximum absolute atomic E-state index is 10.6. The van der Waals surface area contributed by atoms with Crippen LogP contribution in [0.4, 0.5) is 0 Å². The van der Waals surface area contributed by atoms with Crippen LogP contribution in [-0.2, 0) is 9.53 Å². The van der Waals surface area contributed by atoms with Crippen molar-refractivity contribution in [3.8, 4) is 0 Å². The Kier molecular flexibility index (Phi) is 4.89. The number of allylic oxidation sites excluding steroid dienone is 1. The average molecular weight is 217 g/mol. The highest BCUT2D eigenvalue weighted by atomic mass is 35.6. The molecule has 0 atom stereocenters. The first-order valence-corrected chi connectivity index (χ1v) is 4.02. The van der Waals surface area contributed by atoms with Gasteiger partial charge in [0.2, 0.25) is 3.79 Å². The van der Waals surface area contributed by atoms with E-state index in [1.54, 1.807) is 6.92 Å². The summed E-state index contributed by atoms with van der Waals surface area (Å²) in [4.78, 5) is 10.6. The third-order valence-corrected chi connectivity index (χ3v) is 1.07. The molecule has 5 heteroatoms. The molecular weight excluding hydrogens is 210 g/mol. The molecule has 0 aliphatic carbocycles. The predicted octanol–water partition coefficient (Wildman–Crippen LogP) is 2.48. The number of rotatable bonds is 2. The highest BCUT2D eigenvalue weighted by Gasteiger charge is 2.14. The molecule has 0 spiro atoms. The van der Waals surface area contributed by atoms with Crippen LogP contribution in [0.25, 0.3) is 0 Å². The van der Waals surface area contributed by atoms with Gasteiger partial charge in [-0.1, -0.05) is 34.8 Å². The Hall–Kier alpha value is 0.0800. The van der Waals surface area contributed by atoms with Gasteiger partial charge in [0.25, 0.3) is 0 Å². The molecule has 0 amide bonds. The van der Waals surface area contributed by atoms with E-state index in [9.17, 15) is 4.79 Å². The number of alkyl halides is 3. The van der Waals surface area contributed by atoms with Crippen molar-refractivity contribution in [2.45, 2.75) is 10.7 Å². The molecule has 0 unspecified atom stereocenters. The van der Waals surface area contributed by atoms with E-state index in [0.717, 1.165) is 12.2 Å². The summed E-state index contributed by atoms with van der Waals surface area (Å²) in [5.41, 5.74) is 0. The molecule has 0 aliphatic heterocycles. The molecule has 64 valence electrons. The topological polar surface area (TPSA) is 26.3 Å². The maximum atomic E-state index is 10.6. The van der Waals surface area contributed by atoms with E-state index in [-0.39, 0.29) is 0 Å². The van der Waals surface area contributed by atoms with Gasteiger partial charge in [-0.15, -0.1) is 0 Å². The van der Waals surface area contributed by atoms with Crippen molar-refractivity contribution >= 4 is 40.8 Å². The molecule has 0 rings (SSSR count). The summed E-state index contributed by atoms with van der Waals surface area (Å²) in [7, 11) is 0. The van der Waals surface area contributed by atoms with E-state index >= 15 is 0 Å². The third-order valence-electron chi connectivity index (χ3n) is 0.695. The Balaban J connectivity index is 3.83. The van der Waals surface area contributed by atoms with E-state index in [2.05, 4.69) is 4.74 Å². The molecule has 0 aromatic rings. The fourth-order valence-electron chi connectivity index (χ4n) is 0.353. The van der Waals surface area contributed by atoms with Gasteiger partial charge >= 0.3 is 5.97 Å². The van der Waals surface area contributed by atoms with Gasteiger partial charge in [0.15, 0.2) is 0 Å². The molecule has 2 nitrogen and oxygen atoms in total. The first-order chi connectivity index (χ1) is 4.95. The molecule has 0 radical (unpaired) electrons. The SMILES string of the molecule is CCOC(=O)/C=C/C(Cl)(Cl)Cl. The van der Waals surface area contributed by atoms with Crippen molar-refractivity contribution in [3.05, 3.63) is 12.2 Å². The van der Waals surface area contributed by atoms with Gasteiger partial charge in [-0.3, -0.25) is 0 Å². The van der Waals surface area contributed by atoms with Crippen molar-refractivity contribution in [2.75, 3.05) is 6.61 Å². The lowest BCUT2D eigenvalue weighted by Gasteiger charge is -2.01. The monoisotopic (exact) mass is 216 g/mol. The van der Waals surface area contributed by atoms with Crippen LogP contribution in [-0.4, -0.2) is 16.4 Å². The molecule has 0 aromatic carbocycles. The summed E-state index contributed by atoms with van der Waals surface area (Å²) < 4.78 is 3.00. The number of hydrogen-bond acceptors (Lipinski definition) is 2. The minimum atomic E-state index is -1.53. The lowest BCUT2D eigenvalue weighted by Crippen LogP contribution is -2.02. The minimum absolute atomic E-state index is 0.309. The second-order valence-electron chi connectivity index (χ2n) is 1.63. The number of carbonyl (C=O) groups excluding carboxylic acids is 1. The van der Waals surface area contributed by atoms with Gasteiger partial charge < -0.3 is 4.74 Å². The number of carbonyl (C=O) groups is 1. The molecule has 0 bridgehead atoms. The minimum Gasteiger partial charge on any atom is -0.463 e. The van der Waals surface area contributed by atoms with Crippen LogP contribution in [0.2, 0.25) is 0 Å². The van der Waals surface area contributed by atoms with E-state index in [0.29, 0.717) is 6.61 Å². The van der Waals surface area contributed by atoms with Crippen molar-refractivity contribution < 1.29 is 9.53 Å². The van der Waals surface area contributed by atoms with Crippen LogP contribution in [0.15, 0.2) is 12.2 Å². The zero-order valence-electron chi connectivity index (χ0n) is 5.81. The van der Waals surface area contributed by atoms with Gasteiger partial charge in [0.1, 0.15) is 0 Å². The second kappa shape index (κ2) is 4.86. The number of ether oxygens (including phenoxy) is 1. The number of esters is 1. The van der Waals surface area contributed by atoms with Gasteiger partial charge in [0, 0.05) is 6.08 Å². The standard InChI is InChI=1S/C6H7Cl3O2/c1-2-11-5(10)3-4-6(7,8)9/h3-4H,2H2,1H3/b4-3+. The number of halogens is 3. The van der Waals surface area contributed by atoms with Crippen molar-refractivity contribution in [1.82, 2.24) is 0 Å². The lowest BCUT2D eigenvalue weighted by atomic mass is 10.5. The fraction of sp³-hybridized carbons (Fsp3) is 0.500. The zero-order valence-corrected chi connectivity index (χ0v) is 8.08. The smallest absolute Gasteiger partial charge is 0.330 e. The molecule has 0 N–H and O–H groups in total. The van der Waals surface area contributed by atoms with E-state index < -0.39 is 9.76 Å². The van der Waals surface area contributed by atoms with Crippen LogP contribution in [0.1, 0.15) is 6.92 Å². The summed E-state index contributed by atoms with van der Waals surface area (Å²) in [6, 6.07) is 0. The Bertz CT molecular complexity index is 160. The van der Waals surface area contributed by atoms with Crippen LogP contribution in [0.3, 0.4) is 0 Å². The fourth-order valence-corrected chi connectivity index (χ4v) is 0.542. The van der Waals surface area contributed by atoms with E-state index in [4.69, 9.17) is 34.8 Å². The summed E-state index contributed by atoms with van der Waals surface area (Å²) in [5, 5.41) is 0. The van der Waals surface area contributed by atoms with Gasteiger partial charge in [-0.25, -0.2) is 4.79 Å². The molecule has 0 saturated carbocycles. The normalized spacial score (nSPS) is 12.0. The predicted molar refractivity (Wildman–Crippen MR) is 46.1 cm³/mol. The molecule has 0 fully saturated rings. The summed E-state index contributed by atoms with van der Waals surface area (Å²) in [5.74, 6) is -0.515. The first kappa shape index (κ1) is 11.1. The Labute approximate surface area is 80.1 Å². The van der Waals surface area contributed by atoms with Crippen molar-refractivity contribution in [3.63, 3.8) is 0 Å². The van der Waals surface area contributed by atoms with Gasteiger partial charge in [-0.05, 0) is 13.0 Å². The summed E-state index contributed by atoms with van der Waals surface area (Å²) in [6.45, 7) is 2.00. The highest BCUT2D eigenvalue weighted by molar-refractivity contribution is 6.69. The quantitative estimate of drug-likeness (QED) is 0.403. The average Bonchev–Trinajstić information content (AvgIpc) is 1.83. The summed E-state index contributed by atoms with van der Waals surface area (Å²) >= 11 is 15.9. The van der Waals surface area contributed by atoms with Gasteiger partial charge in [-0.2, -0.15) is 0 Å². The Morgan fingerprint density at radius 1 is 1.55 bits per heavy atom. The molecular formula is C6H7Cl3O2. The molecule has 0 saturated heterocycles. The first-order valence-electron chi connectivity index (χ1n) is 2.88. The third kappa shape index (κ3) is 7.98. The highest BCUT2D eigenvalue weighted by Crippen LogP contribution is 2.27. The Morgan fingerprint density at radius 2 is 2.09 bits per heavy atom. The van der Waals surface area contributed by atoms with Crippen LogP contribution >= 0.6 is 34.8 Å². The zero-order chi connectivity index (χ0) is 8.91. The number of hydrogen-bond donors (Lipinski definition) is 0.